The third-order valence-corrected chi connectivity index (χ3v) is 4.79. The molecule has 0 aliphatic carbocycles. The van der Waals surface area contributed by atoms with Gasteiger partial charge in [0.15, 0.2) is 0 Å². The molecule has 5 heteroatoms. The van der Waals surface area contributed by atoms with Crippen LogP contribution in [0, 0.1) is 6.92 Å². The lowest BCUT2D eigenvalue weighted by molar-refractivity contribution is -0.122. The molecule has 0 radical (unpaired) electrons. The molecule has 0 saturated heterocycles. The van der Waals surface area contributed by atoms with Crippen LogP contribution >= 0.6 is 11.3 Å². The average Bonchev–Trinajstić information content (AvgIpc) is 2.92. The first kappa shape index (κ1) is 15.5. The first-order valence-corrected chi connectivity index (χ1v) is 8.30. The van der Waals surface area contributed by atoms with Crippen molar-refractivity contribution in [1.29, 1.82) is 0 Å². The predicted molar refractivity (Wildman–Crippen MR) is 93.8 cm³/mol. The van der Waals surface area contributed by atoms with Gasteiger partial charge < -0.3 is 9.88 Å². The molecule has 0 aliphatic heterocycles. The fourth-order valence-electron chi connectivity index (χ4n) is 2.59. The highest BCUT2D eigenvalue weighted by Gasteiger charge is 2.12. The summed E-state index contributed by atoms with van der Waals surface area (Å²) < 4.78 is 2.42. The van der Waals surface area contributed by atoms with Crippen molar-refractivity contribution in [3.63, 3.8) is 0 Å². The molecule has 118 valence electrons. The van der Waals surface area contributed by atoms with Crippen molar-refractivity contribution in [2.45, 2.75) is 26.4 Å². The molecule has 23 heavy (non-hydrogen) atoms. The van der Waals surface area contributed by atoms with Gasteiger partial charge in [-0.05, 0) is 31.5 Å². The Kier molecular flexibility index (Phi) is 4.30. The average molecular weight is 326 g/mol. The van der Waals surface area contributed by atoms with Gasteiger partial charge in [0.1, 0.15) is 6.54 Å². The Balaban J connectivity index is 1.75. The number of aryl methyl sites for hydroxylation is 1. The minimum atomic E-state index is -0.172. The Morgan fingerprint density at radius 1 is 1.26 bits per heavy atom. The van der Waals surface area contributed by atoms with E-state index in [4.69, 9.17) is 0 Å². The van der Waals surface area contributed by atoms with E-state index in [1.54, 1.807) is 17.5 Å². The second kappa shape index (κ2) is 6.38. The molecule has 3 aromatic rings. The fourth-order valence-corrected chi connectivity index (χ4v) is 3.50. The van der Waals surface area contributed by atoms with E-state index in [9.17, 15) is 9.59 Å². The van der Waals surface area contributed by atoms with Gasteiger partial charge in [0.05, 0.1) is 11.4 Å². The van der Waals surface area contributed by atoms with Crippen LogP contribution in [-0.2, 0) is 11.3 Å². The molecule has 0 bridgehead atoms. The molecule has 0 fully saturated rings. The summed E-state index contributed by atoms with van der Waals surface area (Å²) in [5.41, 5.74) is 0.923. The van der Waals surface area contributed by atoms with Crippen molar-refractivity contribution >= 4 is 27.3 Å². The van der Waals surface area contributed by atoms with Crippen LogP contribution in [-0.4, -0.2) is 10.5 Å². The predicted octanol–water partition coefficient (Wildman–Crippen LogP) is 3.25. The quantitative estimate of drug-likeness (QED) is 0.800. The van der Waals surface area contributed by atoms with E-state index in [0.717, 1.165) is 15.1 Å². The van der Waals surface area contributed by atoms with Crippen LogP contribution in [0.1, 0.15) is 23.4 Å². The fraction of sp³-hybridized carbons (Fsp3) is 0.222. The van der Waals surface area contributed by atoms with Crippen molar-refractivity contribution in [2.24, 2.45) is 0 Å². The van der Waals surface area contributed by atoms with Crippen molar-refractivity contribution < 1.29 is 4.79 Å². The number of carbonyl (C=O) groups excluding carboxylic acids is 1. The second-order valence-corrected chi connectivity index (χ2v) is 6.87. The summed E-state index contributed by atoms with van der Waals surface area (Å²) in [7, 11) is 0. The maximum atomic E-state index is 12.4. The third kappa shape index (κ3) is 3.35. The number of aromatic nitrogens is 1. The molecule has 1 amide bonds. The number of nitrogens with zero attached hydrogens (tertiary/aromatic N) is 1. The van der Waals surface area contributed by atoms with Crippen molar-refractivity contribution in [1.82, 2.24) is 9.88 Å². The Bertz CT molecular complexity index is 896. The maximum absolute atomic E-state index is 12.4. The van der Waals surface area contributed by atoms with Gasteiger partial charge in [-0.1, -0.05) is 30.3 Å². The molecule has 0 aliphatic rings. The largest absolute Gasteiger partial charge is 0.348 e. The summed E-state index contributed by atoms with van der Waals surface area (Å²) in [5.74, 6) is -0.172. The lowest BCUT2D eigenvalue weighted by Crippen LogP contribution is -2.33. The number of fused-ring (bicyclic) bond motifs is 1. The van der Waals surface area contributed by atoms with Crippen molar-refractivity contribution in [3.8, 4) is 0 Å². The standard InChI is InChI=1S/C18H18N2O2S/c1-12-10-15-16(23-12)8-9-20(18(15)22)11-17(21)19-13(2)14-6-4-3-5-7-14/h3-10,13H,11H2,1-2H3,(H,19,21)/t13-/m0/s1. The highest BCUT2D eigenvalue weighted by molar-refractivity contribution is 7.18. The summed E-state index contributed by atoms with van der Waals surface area (Å²) >= 11 is 1.59. The normalized spacial score (nSPS) is 12.3. The Labute approximate surface area is 138 Å². The van der Waals surface area contributed by atoms with Gasteiger partial charge in [-0.2, -0.15) is 0 Å². The maximum Gasteiger partial charge on any atom is 0.259 e. The topological polar surface area (TPSA) is 51.1 Å². The first-order chi connectivity index (χ1) is 11.0. The second-order valence-electron chi connectivity index (χ2n) is 5.58. The van der Waals surface area contributed by atoms with E-state index in [0.29, 0.717) is 5.39 Å². The van der Waals surface area contributed by atoms with Gasteiger partial charge in [0.2, 0.25) is 5.91 Å². The van der Waals surface area contributed by atoms with Gasteiger partial charge in [-0.25, -0.2) is 0 Å². The van der Waals surface area contributed by atoms with Crippen molar-refractivity contribution in [3.05, 3.63) is 69.5 Å². The van der Waals surface area contributed by atoms with Gasteiger partial charge in [0, 0.05) is 15.8 Å². The van der Waals surface area contributed by atoms with Crippen LogP contribution in [0.3, 0.4) is 0 Å². The monoisotopic (exact) mass is 326 g/mol. The van der Waals surface area contributed by atoms with Crippen LogP contribution in [0.4, 0.5) is 0 Å². The number of amides is 1. The number of pyridine rings is 1. The number of benzene rings is 1. The van der Waals surface area contributed by atoms with Crippen LogP contribution in [0.15, 0.2) is 53.5 Å². The first-order valence-electron chi connectivity index (χ1n) is 7.48. The molecular formula is C18H18N2O2S. The number of carbonyl (C=O) groups is 1. The molecule has 3 rings (SSSR count). The molecule has 2 aromatic heterocycles. The zero-order chi connectivity index (χ0) is 16.4. The van der Waals surface area contributed by atoms with E-state index in [1.165, 1.54) is 4.57 Å². The highest BCUT2D eigenvalue weighted by Crippen LogP contribution is 2.21. The number of hydrogen-bond donors (Lipinski definition) is 1. The molecular weight excluding hydrogens is 308 g/mol. The van der Waals surface area contributed by atoms with Gasteiger partial charge >= 0.3 is 0 Å². The zero-order valence-corrected chi connectivity index (χ0v) is 13.9. The lowest BCUT2D eigenvalue weighted by Gasteiger charge is -2.15. The summed E-state index contributed by atoms with van der Waals surface area (Å²) in [4.78, 5) is 25.7. The smallest absolute Gasteiger partial charge is 0.259 e. The molecule has 0 spiro atoms. The molecule has 4 nitrogen and oxygen atoms in total. The van der Waals surface area contributed by atoms with Gasteiger partial charge in [-0.3, -0.25) is 9.59 Å². The Morgan fingerprint density at radius 3 is 2.74 bits per heavy atom. The highest BCUT2D eigenvalue weighted by atomic mass is 32.1. The Hall–Kier alpha value is -2.40. The molecule has 1 aromatic carbocycles. The van der Waals surface area contributed by atoms with Gasteiger partial charge in [0.25, 0.3) is 5.56 Å². The summed E-state index contributed by atoms with van der Waals surface area (Å²) in [6, 6.07) is 13.4. The van der Waals surface area contributed by atoms with Crippen LogP contribution in [0.5, 0.6) is 0 Å². The molecule has 0 unspecified atom stereocenters. The zero-order valence-electron chi connectivity index (χ0n) is 13.1. The van der Waals surface area contributed by atoms with Gasteiger partial charge in [-0.15, -0.1) is 11.3 Å². The number of hydrogen-bond acceptors (Lipinski definition) is 3. The van der Waals surface area contributed by atoms with Crippen molar-refractivity contribution in [2.75, 3.05) is 0 Å². The van der Waals surface area contributed by atoms with E-state index in [2.05, 4.69) is 5.32 Å². The van der Waals surface area contributed by atoms with Crippen LogP contribution in [0.25, 0.3) is 10.1 Å². The molecule has 2 heterocycles. The summed E-state index contributed by atoms with van der Waals surface area (Å²) in [6.07, 6.45) is 1.69. The number of rotatable bonds is 4. The minimum absolute atomic E-state index is 0.0286. The summed E-state index contributed by atoms with van der Waals surface area (Å²) in [5, 5.41) is 3.61. The molecule has 1 atom stereocenters. The van der Waals surface area contributed by atoms with E-state index >= 15 is 0 Å². The number of nitrogens with one attached hydrogen (secondary N) is 1. The van der Waals surface area contributed by atoms with Crippen LogP contribution in [0.2, 0.25) is 0 Å². The minimum Gasteiger partial charge on any atom is -0.348 e. The lowest BCUT2D eigenvalue weighted by atomic mass is 10.1. The van der Waals surface area contributed by atoms with E-state index < -0.39 is 0 Å². The van der Waals surface area contributed by atoms with E-state index in [1.807, 2.05) is 56.3 Å². The SMILES string of the molecule is Cc1cc2c(=O)n(CC(=O)N[C@@H](C)c3ccccc3)ccc2s1. The molecule has 0 saturated carbocycles. The third-order valence-electron chi connectivity index (χ3n) is 3.77. The van der Waals surface area contributed by atoms with Crippen LogP contribution < -0.4 is 10.9 Å². The molecule has 1 N–H and O–H groups in total. The van der Waals surface area contributed by atoms with E-state index in [-0.39, 0.29) is 24.1 Å². The Morgan fingerprint density at radius 2 is 2.00 bits per heavy atom. The summed E-state index contributed by atoms with van der Waals surface area (Å²) in [6.45, 7) is 3.94. The number of thiophene rings is 1.